The fourth-order valence-electron chi connectivity index (χ4n) is 1.15. The van der Waals surface area contributed by atoms with E-state index >= 15 is 0 Å². The van der Waals surface area contributed by atoms with Crippen molar-refractivity contribution >= 4 is 6.29 Å². The highest BCUT2D eigenvalue weighted by molar-refractivity contribution is 5.77. The number of pyridine rings is 1. The molecule has 94 valence electrons. The first-order valence-corrected chi connectivity index (χ1v) is 4.20. The molecule has 0 aliphatic carbocycles. The largest absolute Gasteiger partial charge is 0.494 e. The van der Waals surface area contributed by atoms with Gasteiger partial charge in [-0.25, -0.2) is 13.8 Å². The Labute approximate surface area is 92.2 Å². The summed E-state index contributed by atoms with van der Waals surface area (Å²) in [4.78, 5) is 13.2. The molecular formula is C9H6F5NO2. The van der Waals surface area contributed by atoms with E-state index in [1.165, 1.54) is 0 Å². The van der Waals surface area contributed by atoms with Crippen LogP contribution in [0.3, 0.4) is 0 Å². The van der Waals surface area contributed by atoms with E-state index in [2.05, 4.69) is 9.72 Å². The fraction of sp³-hybridized carbons (Fsp3) is 0.333. The molecule has 0 atom stereocenters. The van der Waals surface area contributed by atoms with Crippen LogP contribution in [0.5, 0.6) is 5.75 Å². The molecule has 0 bridgehead atoms. The first kappa shape index (κ1) is 13.3. The Balaban J connectivity index is 3.50. The molecule has 0 aliphatic heterocycles. The molecule has 0 saturated carbocycles. The molecule has 0 spiro atoms. The molecule has 1 heterocycles. The molecule has 1 aromatic rings. The summed E-state index contributed by atoms with van der Waals surface area (Å²) in [6.45, 7) is 0. The highest BCUT2D eigenvalue weighted by atomic mass is 19.4. The van der Waals surface area contributed by atoms with Gasteiger partial charge in [-0.1, -0.05) is 0 Å². The van der Waals surface area contributed by atoms with Crippen LogP contribution in [-0.2, 0) is 6.18 Å². The zero-order valence-corrected chi connectivity index (χ0v) is 8.39. The minimum atomic E-state index is -4.93. The Bertz CT molecular complexity index is 430. The van der Waals surface area contributed by atoms with Crippen molar-refractivity contribution in [3.8, 4) is 5.75 Å². The number of aldehydes is 1. The van der Waals surface area contributed by atoms with Gasteiger partial charge in [0.1, 0.15) is 11.4 Å². The number of nitrogens with zero attached hydrogens (tertiary/aromatic N) is 1. The number of alkyl halides is 5. The number of methoxy groups -OCH3 is 1. The zero-order chi connectivity index (χ0) is 13.2. The topological polar surface area (TPSA) is 39.2 Å². The summed E-state index contributed by atoms with van der Waals surface area (Å²) in [5.74, 6) is -0.774. The number of carbonyl (C=O) groups excluding carboxylic acids is 1. The van der Waals surface area contributed by atoms with Gasteiger partial charge in [-0.2, -0.15) is 13.2 Å². The minimum absolute atomic E-state index is 0.00281. The van der Waals surface area contributed by atoms with Gasteiger partial charge in [-0.15, -0.1) is 0 Å². The molecule has 0 aliphatic rings. The second-order valence-corrected chi connectivity index (χ2v) is 2.93. The molecule has 17 heavy (non-hydrogen) atoms. The minimum Gasteiger partial charge on any atom is -0.494 e. The van der Waals surface area contributed by atoms with Crippen molar-refractivity contribution in [3.05, 3.63) is 23.0 Å². The predicted molar refractivity (Wildman–Crippen MR) is 46.1 cm³/mol. The molecule has 1 aromatic heterocycles. The summed E-state index contributed by atoms with van der Waals surface area (Å²) >= 11 is 0. The maximum atomic E-state index is 12.4. The summed E-state index contributed by atoms with van der Waals surface area (Å²) in [5.41, 5.74) is -3.43. The van der Waals surface area contributed by atoms with Crippen LogP contribution in [0.1, 0.15) is 28.2 Å². The molecule has 1 rings (SSSR count). The van der Waals surface area contributed by atoms with E-state index in [9.17, 15) is 26.7 Å². The Morgan fingerprint density at radius 2 is 2.00 bits per heavy atom. The maximum absolute atomic E-state index is 12.4. The lowest BCUT2D eigenvalue weighted by molar-refractivity contribution is -0.142. The van der Waals surface area contributed by atoms with Crippen molar-refractivity contribution in [2.24, 2.45) is 0 Å². The standard InChI is InChI=1S/C9H6F5NO2/c1-17-5-2-4(3-16)6(8(10)11)15-7(5)9(12,13)14/h2-3,8H,1H3. The van der Waals surface area contributed by atoms with Crippen LogP contribution in [0.15, 0.2) is 6.07 Å². The monoisotopic (exact) mass is 255 g/mol. The third-order valence-corrected chi connectivity index (χ3v) is 1.87. The molecule has 0 amide bonds. The van der Waals surface area contributed by atoms with E-state index in [0.717, 1.165) is 7.11 Å². The van der Waals surface area contributed by atoms with Gasteiger partial charge >= 0.3 is 6.18 Å². The first-order chi connectivity index (χ1) is 7.81. The van der Waals surface area contributed by atoms with E-state index in [0.29, 0.717) is 6.07 Å². The van der Waals surface area contributed by atoms with Crippen molar-refractivity contribution in [1.82, 2.24) is 4.98 Å². The number of hydrogen-bond acceptors (Lipinski definition) is 3. The lowest BCUT2D eigenvalue weighted by Crippen LogP contribution is -2.13. The van der Waals surface area contributed by atoms with E-state index < -0.39 is 35.3 Å². The second-order valence-electron chi connectivity index (χ2n) is 2.93. The molecule has 0 fully saturated rings. The number of ether oxygens (including phenoxy) is 1. The maximum Gasteiger partial charge on any atom is 0.437 e. The van der Waals surface area contributed by atoms with Gasteiger partial charge in [0, 0.05) is 5.56 Å². The number of hydrogen-bond donors (Lipinski definition) is 0. The van der Waals surface area contributed by atoms with Crippen LogP contribution in [0, 0.1) is 0 Å². The number of carbonyl (C=O) groups is 1. The van der Waals surface area contributed by atoms with Gasteiger partial charge in [0.05, 0.1) is 7.11 Å². The summed E-state index contributed by atoms with van der Waals surface area (Å²) in [7, 11) is 0.920. The van der Waals surface area contributed by atoms with Gasteiger partial charge in [0.25, 0.3) is 6.43 Å². The van der Waals surface area contributed by atoms with Crippen molar-refractivity contribution in [2.75, 3.05) is 7.11 Å². The van der Waals surface area contributed by atoms with E-state index in [1.807, 2.05) is 0 Å². The van der Waals surface area contributed by atoms with Gasteiger partial charge in [-0.3, -0.25) is 4.79 Å². The van der Waals surface area contributed by atoms with Gasteiger partial charge in [-0.05, 0) is 6.07 Å². The quantitative estimate of drug-likeness (QED) is 0.615. The van der Waals surface area contributed by atoms with Gasteiger partial charge in [0.2, 0.25) is 0 Å². The van der Waals surface area contributed by atoms with Crippen LogP contribution in [-0.4, -0.2) is 18.4 Å². The van der Waals surface area contributed by atoms with Crippen molar-refractivity contribution in [2.45, 2.75) is 12.6 Å². The lowest BCUT2D eigenvalue weighted by Gasteiger charge is -2.13. The average Bonchev–Trinajstić information content (AvgIpc) is 2.25. The summed E-state index contributed by atoms with van der Waals surface area (Å²) in [6, 6.07) is 0.588. The number of aromatic nitrogens is 1. The van der Waals surface area contributed by atoms with Gasteiger partial charge in [0.15, 0.2) is 12.0 Å². The van der Waals surface area contributed by atoms with E-state index in [4.69, 9.17) is 0 Å². The molecule has 0 aromatic carbocycles. The van der Waals surface area contributed by atoms with Crippen molar-refractivity contribution < 1.29 is 31.5 Å². The number of halogens is 5. The Morgan fingerprint density at radius 1 is 1.41 bits per heavy atom. The molecule has 0 unspecified atom stereocenters. The normalized spacial score (nSPS) is 11.7. The molecule has 3 nitrogen and oxygen atoms in total. The fourth-order valence-corrected chi connectivity index (χ4v) is 1.15. The van der Waals surface area contributed by atoms with Crippen LogP contribution >= 0.6 is 0 Å². The summed E-state index contributed by atoms with van der Waals surface area (Å²) < 4.78 is 66.5. The lowest BCUT2D eigenvalue weighted by atomic mass is 10.1. The highest BCUT2D eigenvalue weighted by Gasteiger charge is 2.38. The second kappa shape index (κ2) is 4.64. The number of rotatable bonds is 3. The SMILES string of the molecule is COc1cc(C=O)c(C(F)F)nc1C(F)(F)F. The van der Waals surface area contributed by atoms with Gasteiger partial charge < -0.3 is 4.74 Å². The highest BCUT2D eigenvalue weighted by Crippen LogP contribution is 2.37. The molecule has 0 radical (unpaired) electrons. The van der Waals surface area contributed by atoms with Crippen LogP contribution < -0.4 is 4.74 Å². The third-order valence-electron chi connectivity index (χ3n) is 1.87. The molecule has 0 saturated heterocycles. The van der Waals surface area contributed by atoms with Crippen LogP contribution in [0.4, 0.5) is 22.0 Å². The average molecular weight is 255 g/mol. The Hall–Kier alpha value is -1.73. The summed E-state index contributed by atoms with van der Waals surface area (Å²) in [6.07, 6.45) is -8.21. The van der Waals surface area contributed by atoms with Crippen molar-refractivity contribution in [3.63, 3.8) is 0 Å². The molecular weight excluding hydrogens is 249 g/mol. The zero-order valence-electron chi connectivity index (χ0n) is 8.39. The van der Waals surface area contributed by atoms with E-state index in [-0.39, 0.29) is 6.29 Å². The molecule has 8 heteroatoms. The first-order valence-electron chi connectivity index (χ1n) is 4.20. The molecule has 0 N–H and O–H groups in total. The smallest absolute Gasteiger partial charge is 0.437 e. The van der Waals surface area contributed by atoms with E-state index in [1.54, 1.807) is 0 Å². The predicted octanol–water partition coefficient (Wildman–Crippen LogP) is 2.86. The van der Waals surface area contributed by atoms with Crippen molar-refractivity contribution in [1.29, 1.82) is 0 Å². The van der Waals surface area contributed by atoms with Crippen LogP contribution in [0.25, 0.3) is 0 Å². The summed E-state index contributed by atoms with van der Waals surface area (Å²) in [5, 5.41) is 0. The Morgan fingerprint density at radius 3 is 2.35 bits per heavy atom. The Kier molecular flexibility index (Phi) is 3.64. The third kappa shape index (κ3) is 2.69. The van der Waals surface area contributed by atoms with Crippen LogP contribution in [0.2, 0.25) is 0 Å².